The summed E-state index contributed by atoms with van der Waals surface area (Å²) in [5.41, 5.74) is 2.87. The van der Waals surface area contributed by atoms with Gasteiger partial charge in [0, 0.05) is 23.0 Å². The van der Waals surface area contributed by atoms with Gasteiger partial charge >= 0.3 is 5.97 Å². The molecule has 3 aromatic rings. The number of ether oxygens (including phenoxy) is 4. The number of aryl methyl sites for hydroxylation is 1. The van der Waals surface area contributed by atoms with Gasteiger partial charge in [-0.3, -0.25) is 4.79 Å². The van der Waals surface area contributed by atoms with E-state index in [1.54, 1.807) is 30.5 Å². The van der Waals surface area contributed by atoms with Crippen LogP contribution < -0.4 is 14.2 Å². The Bertz CT molecular complexity index is 1130. The molecule has 0 N–H and O–H groups in total. The fourth-order valence-corrected chi connectivity index (χ4v) is 3.51. The molecule has 3 rings (SSSR count). The van der Waals surface area contributed by atoms with Crippen LogP contribution in [0.15, 0.2) is 47.1 Å². The van der Waals surface area contributed by atoms with E-state index in [-0.39, 0.29) is 12.4 Å². The summed E-state index contributed by atoms with van der Waals surface area (Å²) in [7, 11) is 4.53. The monoisotopic (exact) mass is 453 g/mol. The van der Waals surface area contributed by atoms with Gasteiger partial charge in [0.2, 0.25) is 11.5 Å². The summed E-state index contributed by atoms with van der Waals surface area (Å²) in [5.74, 6) is 1.26. The van der Waals surface area contributed by atoms with Crippen LogP contribution in [0.2, 0.25) is 0 Å². The van der Waals surface area contributed by atoms with Gasteiger partial charge in [0.25, 0.3) is 0 Å². The number of carbonyl (C=O) groups is 2. The second kappa shape index (κ2) is 10.6. The minimum atomic E-state index is -0.638. The lowest BCUT2D eigenvalue weighted by molar-refractivity contribution is -0.136. The lowest BCUT2D eigenvalue weighted by Crippen LogP contribution is -2.13. The van der Waals surface area contributed by atoms with Crippen LogP contribution in [0.25, 0.3) is 6.08 Å². The van der Waals surface area contributed by atoms with Crippen LogP contribution in [0, 0.1) is 13.8 Å². The number of nitrogens with zero attached hydrogens (tertiary/aromatic N) is 1. The van der Waals surface area contributed by atoms with Gasteiger partial charge in [0.05, 0.1) is 34.1 Å². The molecule has 0 amide bonds. The molecule has 0 fully saturated rings. The topological polar surface area (TPSA) is 89.1 Å². The fourth-order valence-electron chi connectivity index (χ4n) is 3.51. The highest BCUT2D eigenvalue weighted by Gasteiger charge is 2.18. The molecule has 0 radical (unpaired) electrons. The van der Waals surface area contributed by atoms with Crippen LogP contribution in [0.5, 0.6) is 17.2 Å². The third-order valence-electron chi connectivity index (χ3n) is 5.21. The normalized spacial score (nSPS) is 10.9. The average Bonchev–Trinajstić information content (AvgIpc) is 3.44. The molecule has 0 saturated carbocycles. The Morgan fingerprint density at radius 3 is 2.30 bits per heavy atom. The van der Waals surface area contributed by atoms with Gasteiger partial charge in [-0.2, -0.15) is 0 Å². The van der Waals surface area contributed by atoms with Crippen LogP contribution in [0.3, 0.4) is 0 Å². The van der Waals surface area contributed by atoms with Gasteiger partial charge in [-0.05, 0) is 55.8 Å². The summed E-state index contributed by atoms with van der Waals surface area (Å²) < 4.78 is 28.4. The molecule has 2 heterocycles. The van der Waals surface area contributed by atoms with E-state index in [1.165, 1.54) is 27.4 Å². The van der Waals surface area contributed by atoms with Crippen LogP contribution in [-0.4, -0.2) is 44.3 Å². The zero-order valence-electron chi connectivity index (χ0n) is 19.3. The van der Waals surface area contributed by atoms with Crippen molar-refractivity contribution in [2.45, 2.75) is 20.4 Å². The van der Waals surface area contributed by atoms with E-state index in [1.807, 2.05) is 30.5 Å². The van der Waals surface area contributed by atoms with Crippen molar-refractivity contribution in [1.29, 1.82) is 0 Å². The number of Topliss-reactive ketones (excluding diaryl/α,β-unsaturated/α-hetero) is 1. The zero-order chi connectivity index (χ0) is 24.0. The zero-order valence-corrected chi connectivity index (χ0v) is 19.3. The molecule has 0 aliphatic rings. The number of hydrogen-bond donors (Lipinski definition) is 0. The van der Waals surface area contributed by atoms with Gasteiger partial charge in [-0.25, -0.2) is 4.79 Å². The molecule has 8 nitrogen and oxygen atoms in total. The molecule has 0 spiro atoms. The Morgan fingerprint density at radius 2 is 1.73 bits per heavy atom. The van der Waals surface area contributed by atoms with Crippen molar-refractivity contribution >= 4 is 17.8 Å². The lowest BCUT2D eigenvalue weighted by atomic mass is 10.1. The van der Waals surface area contributed by atoms with Crippen LogP contribution >= 0.6 is 0 Å². The summed E-state index contributed by atoms with van der Waals surface area (Å²) >= 11 is 0. The van der Waals surface area contributed by atoms with Gasteiger partial charge < -0.3 is 27.9 Å². The number of rotatable bonds is 10. The highest BCUT2D eigenvalue weighted by Crippen LogP contribution is 2.38. The molecule has 2 aromatic heterocycles. The van der Waals surface area contributed by atoms with Crippen molar-refractivity contribution in [2.24, 2.45) is 0 Å². The molecule has 0 saturated heterocycles. The number of furan rings is 1. The third-order valence-corrected chi connectivity index (χ3v) is 5.21. The van der Waals surface area contributed by atoms with Gasteiger partial charge in [-0.1, -0.05) is 0 Å². The number of ketones is 1. The van der Waals surface area contributed by atoms with Gasteiger partial charge in [0.15, 0.2) is 18.1 Å². The summed E-state index contributed by atoms with van der Waals surface area (Å²) in [5, 5.41) is 0. The first-order valence-electron chi connectivity index (χ1n) is 10.2. The molecule has 0 aliphatic carbocycles. The average molecular weight is 453 g/mol. The Kier molecular flexibility index (Phi) is 7.61. The second-order valence-electron chi connectivity index (χ2n) is 7.27. The second-order valence-corrected chi connectivity index (χ2v) is 7.27. The quantitative estimate of drug-likeness (QED) is 0.258. The van der Waals surface area contributed by atoms with Crippen molar-refractivity contribution in [3.05, 3.63) is 70.9 Å². The predicted octanol–water partition coefficient (Wildman–Crippen LogP) is 4.21. The molecule has 8 heteroatoms. The first-order chi connectivity index (χ1) is 15.9. The Balaban J connectivity index is 1.64. The van der Waals surface area contributed by atoms with Gasteiger partial charge in [-0.15, -0.1) is 0 Å². The van der Waals surface area contributed by atoms with Crippen LogP contribution in [-0.2, 0) is 16.1 Å². The van der Waals surface area contributed by atoms with Crippen LogP contribution in [0.1, 0.15) is 33.1 Å². The molecule has 174 valence electrons. The van der Waals surface area contributed by atoms with E-state index in [4.69, 9.17) is 23.4 Å². The number of carbonyl (C=O) groups excluding carboxylic acids is 2. The molecule has 0 unspecified atom stereocenters. The number of esters is 1. The summed E-state index contributed by atoms with van der Waals surface area (Å²) in [6.45, 7) is 3.94. The lowest BCUT2D eigenvalue weighted by Gasteiger charge is -2.12. The molecule has 0 atom stereocenters. The predicted molar refractivity (Wildman–Crippen MR) is 122 cm³/mol. The maximum absolute atomic E-state index is 12.7. The molecule has 0 bridgehead atoms. The van der Waals surface area contributed by atoms with Gasteiger partial charge in [0.1, 0.15) is 5.76 Å². The molecule has 0 aliphatic heterocycles. The highest BCUT2D eigenvalue weighted by atomic mass is 16.5. The van der Waals surface area contributed by atoms with Crippen molar-refractivity contribution in [1.82, 2.24) is 4.57 Å². The van der Waals surface area contributed by atoms with Crippen molar-refractivity contribution in [2.75, 3.05) is 27.9 Å². The third kappa shape index (κ3) is 5.46. The summed E-state index contributed by atoms with van der Waals surface area (Å²) in [6.07, 6.45) is 4.40. The van der Waals surface area contributed by atoms with Crippen molar-refractivity contribution in [3.8, 4) is 17.2 Å². The first kappa shape index (κ1) is 23.7. The van der Waals surface area contributed by atoms with E-state index < -0.39 is 5.97 Å². The minimum absolute atomic E-state index is 0.275. The number of methoxy groups -OCH3 is 3. The minimum Gasteiger partial charge on any atom is -0.493 e. The standard InChI is InChI=1S/C25H27NO7/c1-16-11-20(17(2)26(16)14-19-7-6-10-32-19)21(27)15-33-24(28)9-8-18-12-22(29-3)25(31-5)23(13-18)30-4/h6-13H,14-15H2,1-5H3. The van der Waals surface area contributed by atoms with Crippen LogP contribution in [0.4, 0.5) is 0 Å². The van der Waals surface area contributed by atoms with Crippen molar-refractivity contribution in [3.63, 3.8) is 0 Å². The Morgan fingerprint density at radius 1 is 1.03 bits per heavy atom. The van der Waals surface area contributed by atoms with E-state index in [0.29, 0.717) is 34.9 Å². The van der Waals surface area contributed by atoms with E-state index in [2.05, 4.69) is 0 Å². The number of aromatic nitrogens is 1. The molecular weight excluding hydrogens is 426 g/mol. The van der Waals surface area contributed by atoms with E-state index in [9.17, 15) is 9.59 Å². The molecule has 33 heavy (non-hydrogen) atoms. The highest BCUT2D eigenvalue weighted by molar-refractivity contribution is 6.00. The largest absolute Gasteiger partial charge is 0.493 e. The molecule has 1 aromatic carbocycles. The fraction of sp³-hybridized carbons (Fsp3) is 0.280. The van der Waals surface area contributed by atoms with Crippen molar-refractivity contribution < 1.29 is 33.0 Å². The Hall–Kier alpha value is -3.94. The summed E-state index contributed by atoms with van der Waals surface area (Å²) in [4.78, 5) is 24.9. The summed E-state index contributed by atoms with van der Waals surface area (Å²) in [6, 6.07) is 8.89. The number of hydrogen-bond acceptors (Lipinski definition) is 7. The number of benzene rings is 1. The SMILES string of the molecule is COc1cc(C=CC(=O)OCC(=O)c2cc(C)n(Cc3ccco3)c2C)cc(OC)c1OC. The maximum atomic E-state index is 12.7. The first-order valence-corrected chi connectivity index (χ1v) is 10.2. The molecular formula is C25H27NO7. The maximum Gasteiger partial charge on any atom is 0.331 e. The Labute approximate surface area is 192 Å². The van der Waals surface area contributed by atoms with E-state index in [0.717, 1.165) is 17.1 Å². The van der Waals surface area contributed by atoms with E-state index >= 15 is 0 Å². The smallest absolute Gasteiger partial charge is 0.331 e.